The van der Waals surface area contributed by atoms with E-state index < -0.39 is 6.10 Å². The molecule has 21 heavy (non-hydrogen) atoms. The van der Waals surface area contributed by atoms with E-state index in [1.54, 1.807) is 18.3 Å². The SMILES string of the molecule is Cc1nnc([C@H]2C[C@@H](O)CN2c2nnc(C(C)(C)C)s2)o1. The molecule has 0 aromatic carbocycles. The fourth-order valence-electron chi connectivity index (χ4n) is 2.34. The van der Waals surface area contributed by atoms with Gasteiger partial charge >= 0.3 is 0 Å². The Hall–Kier alpha value is -1.54. The van der Waals surface area contributed by atoms with Gasteiger partial charge in [0.25, 0.3) is 0 Å². The Morgan fingerprint density at radius 2 is 2.00 bits per heavy atom. The zero-order valence-corrected chi connectivity index (χ0v) is 13.4. The summed E-state index contributed by atoms with van der Waals surface area (Å²) in [5, 5.41) is 28.2. The van der Waals surface area contributed by atoms with Gasteiger partial charge in [-0.05, 0) is 0 Å². The van der Waals surface area contributed by atoms with Crippen molar-refractivity contribution in [2.75, 3.05) is 11.4 Å². The van der Waals surface area contributed by atoms with E-state index in [0.29, 0.717) is 24.7 Å². The predicted molar refractivity (Wildman–Crippen MR) is 78.4 cm³/mol. The molecule has 1 N–H and O–H groups in total. The molecule has 114 valence electrons. The summed E-state index contributed by atoms with van der Waals surface area (Å²) in [5.41, 5.74) is -0.0369. The summed E-state index contributed by atoms with van der Waals surface area (Å²) in [5.74, 6) is 1.05. The molecule has 8 heteroatoms. The van der Waals surface area contributed by atoms with Crippen LogP contribution in [-0.2, 0) is 5.41 Å². The highest BCUT2D eigenvalue weighted by molar-refractivity contribution is 7.15. The Morgan fingerprint density at radius 1 is 1.24 bits per heavy atom. The highest BCUT2D eigenvalue weighted by atomic mass is 32.1. The van der Waals surface area contributed by atoms with Crippen LogP contribution in [0.1, 0.15) is 50.0 Å². The number of hydrogen-bond donors (Lipinski definition) is 1. The number of anilines is 1. The second kappa shape index (κ2) is 5.03. The number of aliphatic hydroxyl groups is 1. The van der Waals surface area contributed by atoms with Gasteiger partial charge in [0.15, 0.2) is 0 Å². The molecule has 2 atom stereocenters. The quantitative estimate of drug-likeness (QED) is 0.905. The van der Waals surface area contributed by atoms with E-state index in [0.717, 1.165) is 10.1 Å². The molecule has 0 amide bonds. The topological polar surface area (TPSA) is 88.2 Å². The summed E-state index contributed by atoms with van der Waals surface area (Å²) in [6.07, 6.45) is 0.135. The molecule has 2 aromatic heterocycles. The van der Waals surface area contributed by atoms with Gasteiger partial charge in [0.05, 0.1) is 6.10 Å². The van der Waals surface area contributed by atoms with Crippen molar-refractivity contribution in [3.05, 3.63) is 16.8 Å². The van der Waals surface area contributed by atoms with Crippen LogP contribution in [0.4, 0.5) is 5.13 Å². The van der Waals surface area contributed by atoms with Gasteiger partial charge in [-0.15, -0.1) is 20.4 Å². The Balaban J connectivity index is 1.90. The fourth-order valence-corrected chi connectivity index (χ4v) is 3.30. The largest absolute Gasteiger partial charge is 0.423 e. The van der Waals surface area contributed by atoms with Crippen LogP contribution in [0.15, 0.2) is 4.42 Å². The summed E-state index contributed by atoms with van der Waals surface area (Å²) in [6, 6.07) is -0.137. The summed E-state index contributed by atoms with van der Waals surface area (Å²) >= 11 is 1.55. The Kier molecular flexibility index (Phi) is 3.45. The molecule has 1 aliphatic rings. The maximum Gasteiger partial charge on any atom is 0.239 e. The van der Waals surface area contributed by atoms with E-state index in [4.69, 9.17) is 4.42 Å². The molecule has 1 aliphatic heterocycles. The first kappa shape index (κ1) is 14.4. The lowest BCUT2D eigenvalue weighted by Gasteiger charge is -2.20. The Morgan fingerprint density at radius 3 is 2.57 bits per heavy atom. The molecule has 1 fully saturated rings. The molecule has 3 rings (SSSR count). The number of rotatable bonds is 2. The highest BCUT2D eigenvalue weighted by Gasteiger charge is 2.38. The molecule has 0 radical (unpaired) electrons. The number of aryl methyl sites for hydroxylation is 1. The maximum atomic E-state index is 9.99. The van der Waals surface area contributed by atoms with Crippen LogP contribution in [0.3, 0.4) is 0 Å². The van der Waals surface area contributed by atoms with Crippen molar-refractivity contribution >= 4 is 16.5 Å². The minimum absolute atomic E-state index is 0.0369. The zero-order valence-electron chi connectivity index (χ0n) is 12.6. The molecule has 3 heterocycles. The van der Waals surface area contributed by atoms with Gasteiger partial charge < -0.3 is 14.4 Å². The van der Waals surface area contributed by atoms with Crippen LogP contribution in [0.25, 0.3) is 0 Å². The molecule has 1 saturated heterocycles. The summed E-state index contributed by atoms with van der Waals surface area (Å²) in [7, 11) is 0. The van der Waals surface area contributed by atoms with Crippen molar-refractivity contribution in [1.82, 2.24) is 20.4 Å². The van der Waals surface area contributed by atoms with Crippen LogP contribution < -0.4 is 4.90 Å². The van der Waals surface area contributed by atoms with Crippen molar-refractivity contribution < 1.29 is 9.52 Å². The molecule has 0 saturated carbocycles. The van der Waals surface area contributed by atoms with Crippen molar-refractivity contribution in [3.63, 3.8) is 0 Å². The third kappa shape index (κ3) is 2.77. The van der Waals surface area contributed by atoms with Crippen molar-refractivity contribution in [2.45, 2.75) is 51.7 Å². The molecule has 0 bridgehead atoms. The Bertz CT molecular complexity index is 633. The van der Waals surface area contributed by atoms with Crippen LogP contribution in [0.2, 0.25) is 0 Å². The second-order valence-corrected chi connectivity index (χ2v) is 7.31. The molecule has 7 nitrogen and oxygen atoms in total. The lowest BCUT2D eigenvalue weighted by molar-refractivity contribution is 0.192. The minimum Gasteiger partial charge on any atom is -0.423 e. The summed E-state index contributed by atoms with van der Waals surface area (Å²) < 4.78 is 5.52. The average molecular weight is 309 g/mol. The monoisotopic (exact) mass is 309 g/mol. The number of hydrogen-bond acceptors (Lipinski definition) is 8. The first-order valence-corrected chi connectivity index (χ1v) is 7.75. The molecular formula is C13H19N5O2S. The predicted octanol–water partition coefficient (Wildman–Crippen LogP) is 1.84. The third-order valence-corrected chi connectivity index (χ3v) is 4.79. The van der Waals surface area contributed by atoms with Crippen LogP contribution in [0.5, 0.6) is 0 Å². The van der Waals surface area contributed by atoms with E-state index in [9.17, 15) is 5.11 Å². The number of nitrogens with zero attached hydrogens (tertiary/aromatic N) is 5. The number of β-amino-alcohol motifs (C(OH)–C–C–N with tert-alkyl or cyclic N) is 1. The minimum atomic E-state index is -0.427. The van der Waals surface area contributed by atoms with Gasteiger partial charge in [0.2, 0.25) is 16.9 Å². The van der Waals surface area contributed by atoms with Crippen molar-refractivity contribution in [2.24, 2.45) is 0 Å². The maximum absolute atomic E-state index is 9.99. The van der Waals surface area contributed by atoms with Gasteiger partial charge in [-0.2, -0.15) is 0 Å². The number of aromatic nitrogens is 4. The molecular weight excluding hydrogens is 290 g/mol. The second-order valence-electron chi connectivity index (χ2n) is 6.36. The van der Waals surface area contributed by atoms with Gasteiger partial charge in [0, 0.05) is 25.3 Å². The lowest BCUT2D eigenvalue weighted by atomic mass is 9.98. The molecule has 2 aromatic rings. The van der Waals surface area contributed by atoms with E-state index >= 15 is 0 Å². The standard InChI is InChI=1S/C13H19N5O2S/c1-7-14-15-10(20-7)9-5-8(19)6-18(9)12-17-16-11(21-12)13(2,3)4/h8-9,19H,5-6H2,1-4H3/t8-,9-/m1/s1. The van der Waals surface area contributed by atoms with Crippen LogP contribution >= 0.6 is 11.3 Å². The number of aliphatic hydroxyl groups excluding tert-OH is 1. The first-order valence-electron chi connectivity index (χ1n) is 6.93. The van der Waals surface area contributed by atoms with Crippen LogP contribution in [-0.4, -0.2) is 38.1 Å². The average Bonchev–Trinajstić information content (AvgIpc) is 3.05. The van der Waals surface area contributed by atoms with Gasteiger partial charge in [-0.1, -0.05) is 32.1 Å². The van der Waals surface area contributed by atoms with Gasteiger partial charge in [-0.25, -0.2) is 0 Å². The van der Waals surface area contributed by atoms with E-state index in [-0.39, 0.29) is 11.5 Å². The van der Waals surface area contributed by atoms with Crippen molar-refractivity contribution in [3.8, 4) is 0 Å². The fraction of sp³-hybridized carbons (Fsp3) is 0.692. The molecule has 0 unspecified atom stereocenters. The highest BCUT2D eigenvalue weighted by Crippen LogP contribution is 2.38. The molecule has 0 spiro atoms. The van der Waals surface area contributed by atoms with E-state index in [1.807, 2.05) is 4.90 Å². The first-order chi connectivity index (χ1) is 9.84. The Labute approximate surface area is 127 Å². The smallest absolute Gasteiger partial charge is 0.239 e. The molecule has 0 aliphatic carbocycles. The lowest BCUT2D eigenvalue weighted by Crippen LogP contribution is -2.24. The van der Waals surface area contributed by atoms with Crippen LogP contribution in [0, 0.1) is 6.92 Å². The van der Waals surface area contributed by atoms with Gasteiger partial charge in [-0.3, -0.25) is 0 Å². The third-order valence-electron chi connectivity index (χ3n) is 3.41. The normalized spacial score (nSPS) is 23.0. The van der Waals surface area contributed by atoms with Gasteiger partial charge in [0.1, 0.15) is 11.0 Å². The zero-order chi connectivity index (χ0) is 15.2. The summed E-state index contributed by atoms with van der Waals surface area (Å²) in [6.45, 7) is 8.58. The van der Waals surface area contributed by atoms with E-state index in [1.165, 1.54) is 0 Å². The van der Waals surface area contributed by atoms with Crippen molar-refractivity contribution in [1.29, 1.82) is 0 Å². The van der Waals surface area contributed by atoms with E-state index in [2.05, 4.69) is 41.2 Å². The summed E-state index contributed by atoms with van der Waals surface area (Å²) in [4.78, 5) is 2.00.